The number of aldehydes is 1. The lowest BCUT2D eigenvalue weighted by atomic mass is 10.1. The highest BCUT2D eigenvalue weighted by Gasteiger charge is 2.27. The minimum absolute atomic E-state index is 0.384. The first-order valence-electron chi connectivity index (χ1n) is 6.19. The summed E-state index contributed by atoms with van der Waals surface area (Å²) in [5.74, 6) is 0.755. The van der Waals surface area contributed by atoms with Gasteiger partial charge in [0.25, 0.3) is 0 Å². The minimum Gasteiger partial charge on any atom is -0.296 e. The maximum atomic E-state index is 10.9. The molecule has 0 atom stereocenters. The maximum Gasteiger partial charge on any atom is 0.172 e. The van der Waals surface area contributed by atoms with E-state index in [1.54, 1.807) is 0 Å². The molecular weight excluding hydrogens is 202 g/mol. The highest BCUT2D eigenvalue weighted by molar-refractivity contribution is 5.73. The number of aromatic nitrogens is 3. The number of carbonyl (C=O) groups is 1. The number of carbonyl (C=O) groups excluding carboxylic acids is 1. The van der Waals surface area contributed by atoms with E-state index in [1.807, 2.05) is 4.68 Å². The molecule has 4 nitrogen and oxygen atoms in total. The molecule has 1 fully saturated rings. The Morgan fingerprint density at radius 2 is 2.12 bits per heavy atom. The molecule has 0 spiro atoms. The Labute approximate surface area is 96.0 Å². The minimum atomic E-state index is 0.384. The Morgan fingerprint density at radius 1 is 1.44 bits per heavy atom. The Bertz CT molecular complexity index is 364. The van der Waals surface area contributed by atoms with Crippen LogP contribution in [-0.2, 0) is 6.42 Å². The van der Waals surface area contributed by atoms with Crippen molar-refractivity contribution >= 4 is 6.29 Å². The maximum absolute atomic E-state index is 10.9. The number of nitrogens with zero attached hydrogens (tertiary/aromatic N) is 3. The molecule has 1 heterocycles. The molecule has 0 amide bonds. The topological polar surface area (TPSA) is 47.8 Å². The number of hydrogen-bond acceptors (Lipinski definition) is 3. The molecule has 16 heavy (non-hydrogen) atoms. The van der Waals surface area contributed by atoms with Gasteiger partial charge in [0, 0.05) is 0 Å². The van der Waals surface area contributed by atoms with Gasteiger partial charge >= 0.3 is 0 Å². The van der Waals surface area contributed by atoms with E-state index in [0.29, 0.717) is 11.7 Å². The van der Waals surface area contributed by atoms with Gasteiger partial charge in [-0.25, -0.2) is 4.68 Å². The van der Waals surface area contributed by atoms with E-state index in [9.17, 15) is 4.79 Å². The molecule has 1 aliphatic carbocycles. The fourth-order valence-corrected chi connectivity index (χ4v) is 2.14. The standard InChI is InChI=1S/C12H19N3O/c1-3-10(4-2)15-12(7-9-5-6-9)11(8-16)13-14-15/h8-10H,3-7H2,1-2H3. The van der Waals surface area contributed by atoms with Crippen LogP contribution in [0.25, 0.3) is 0 Å². The predicted molar refractivity (Wildman–Crippen MR) is 61.5 cm³/mol. The van der Waals surface area contributed by atoms with Crippen molar-refractivity contribution in [3.8, 4) is 0 Å². The van der Waals surface area contributed by atoms with Crippen LogP contribution in [0.5, 0.6) is 0 Å². The third-order valence-corrected chi connectivity index (χ3v) is 3.40. The van der Waals surface area contributed by atoms with Gasteiger partial charge in [-0.15, -0.1) is 5.10 Å². The predicted octanol–water partition coefficient (Wildman–Crippen LogP) is 2.40. The van der Waals surface area contributed by atoms with E-state index in [-0.39, 0.29) is 0 Å². The van der Waals surface area contributed by atoms with Crippen molar-refractivity contribution in [1.82, 2.24) is 15.0 Å². The van der Waals surface area contributed by atoms with E-state index in [4.69, 9.17) is 0 Å². The van der Waals surface area contributed by atoms with Gasteiger partial charge in [0.05, 0.1) is 11.7 Å². The second-order valence-electron chi connectivity index (χ2n) is 4.60. The van der Waals surface area contributed by atoms with Crippen molar-refractivity contribution in [3.63, 3.8) is 0 Å². The first-order valence-corrected chi connectivity index (χ1v) is 6.19. The first-order chi connectivity index (χ1) is 7.80. The van der Waals surface area contributed by atoms with E-state index in [0.717, 1.165) is 37.2 Å². The van der Waals surface area contributed by atoms with E-state index < -0.39 is 0 Å². The normalized spacial score (nSPS) is 15.7. The van der Waals surface area contributed by atoms with E-state index >= 15 is 0 Å². The van der Waals surface area contributed by atoms with Gasteiger partial charge < -0.3 is 0 Å². The molecule has 1 saturated carbocycles. The van der Waals surface area contributed by atoms with Gasteiger partial charge in [-0.1, -0.05) is 19.1 Å². The van der Waals surface area contributed by atoms with Gasteiger partial charge in [0.2, 0.25) is 0 Å². The zero-order valence-electron chi connectivity index (χ0n) is 10.0. The Hall–Kier alpha value is -1.19. The molecule has 0 saturated heterocycles. The lowest BCUT2D eigenvalue weighted by molar-refractivity contribution is 0.111. The zero-order chi connectivity index (χ0) is 11.5. The average Bonchev–Trinajstić information content (AvgIpc) is 3.03. The van der Waals surface area contributed by atoms with Gasteiger partial charge in [-0.05, 0) is 38.0 Å². The first kappa shape index (κ1) is 11.3. The second kappa shape index (κ2) is 4.76. The van der Waals surface area contributed by atoms with E-state index in [1.165, 1.54) is 12.8 Å². The molecule has 0 bridgehead atoms. The van der Waals surface area contributed by atoms with Gasteiger partial charge in [0.1, 0.15) is 5.69 Å². The molecule has 0 aliphatic heterocycles. The second-order valence-corrected chi connectivity index (χ2v) is 4.60. The van der Waals surface area contributed by atoms with Crippen molar-refractivity contribution in [2.75, 3.05) is 0 Å². The summed E-state index contributed by atoms with van der Waals surface area (Å²) >= 11 is 0. The molecule has 2 rings (SSSR count). The van der Waals surface area contributed by atoms with Gasteiger partial charge in [-0.2, -0.15) is 0 Å². The smallest absolute Gasteiger partial charge is 0.172 e. The summed E-state index contributed by atoms with van der Waals surface area (Å²) in [6.45, 7) is 4.30. The van der Waals surface area contributed by atoms with Crippen molar-refractivity contribution in [1.29, 1.82) is 0 Å². The van der Waals surface area contributed by atoms with Crippen LogP contribution in [0.1, 0.15) is 61.8 Å². The van der Waals surface area contributed by atoms with Crippen molar-refractivity contribution < 1.29 is 4.79 Å². The third-order valence-electron chi connectivity index (χ3n) is 3.40. The van der Waals surface area contributed by atoms with Crippen LogP contribution in [0, 0.1) is 5.92 Å². The molecule has 0 unspecified atom stereocenters. The lowest BCUT2D eigenvalue weighted by Gasteiger charge is -2.15. The average molecular weight is 221 g/mol. The Balaban J connectivity index is 2.27. The molecular formula is C12H19N3O. The fraction of sp³-hybridized carbons (Fsp3) is 0.750. The summed E-state index contributed by atoms with van der Waals surface area (Å²) in [6, 6.07) is 0.384. The van der Waals surface area contributed by atoms with Crippen LogP contribution >= 0.6 is 0 Å². The van der Waals surface area contributed by atoms with Crippen LogP contribution < -0.4 is 0 Å². The molecule has 4 heteroatoms. The molecule has 0 radical (unpaired) electrons. The molecule has 0 aromatic carbocycles. The summed E-state index contributed by atoms with van der Waals surface area (Å²) in [6.07, 6.45) is 6.45. The molecule has 1 aliphatic rings. The largest absolute Gasteiger partial charge is 0.296 e. The summed E-state index contributed by atoms with van der Waals surface area (Å²) in [4.78, 5) is 10.9. The van der Waals surface area contributed by atoms with Gasteiger partial charge in [0.15, 0.2) is 6.29 Å². The van der Waals surface area contributed by atoms with Crippen molar-refractivity contribution in [2.24, 2.45) is 5.92 Å². The zero-order valence-corrected chi connectivity index (χ0v) is 10.0. The molecule has 0 N–H and O–H groups in total. The third kappa shape index (κ3) is 2.15. The summed E-state index contributed by atoms with van der Waals surface area (Å²) in [5, 5.41) is 8.12. The van der Waals surface area contributed by atoms with Crippen LogP contribution in [-0.4, -0.2) is 21.3 Å². The SMILES string of the molecule is CCC(CC)n1nnc(C=O)c1CC1CC1. The molecule has 88 valence electrons. The summed E-state index contributed by atoms with van der Waals surface area (Å²) in [5.41, 5.74) is 1.59. The van der Waals surface area contributed by atoms with Crippen LogP contribution in [0.2, 0.25) is 0 Å². The highest BCUT2D eigenvalue weighted by Crippen LogP contribution is 2.33. The Morgan fingerprint density at radius 3 is 2.62 bits per heavy atom. The molecule has 1 aromatic rings. The number of rotatable bonds is 6. The quantitative estimate of drug-likeness (QED) is 0.693. The summed E-state index contributed by atoms with van der Waals surface area (Å²) in [7, 11) is 0. The van der Waals surface area contributed by atoms with Crippen LogP contribution in [0.15, 0.2) is 0 Å². The van der Waals surface area contributed by atoms with Crippen molar-refractivity contribution in [2.45, 2.75) is 52.0 Å². The van der Waals surface area contributed by atoms with Crippen LogP contribution in [0.3, 0.4) is 0 Å². The Kier molecular flexibility index (Phi) is 3.36. The van der Waals surface area contributed by atoms with Crippen LogP contribution in [0.4, 0.5) is 0 Å². The fourth-order valence-electron chi connectivity index (χ4n) is 2.14. The monoisotopic (exact) mass is 221 g/mol. The number of hydrogen-bond donors (Lipinski definition) is 0. The van der Waals surface area contributed by atoms with E-state index in [2.05, 4.69) is 24.2 Å². The van der Waals surface area contributed by atoms with Gasteiger partial charge in [-0.3, -0.25) is 4.79 Å². The highest BCUT2D eigenvalue weighted by atomic mass is 16.1. The lowest BCUT2D eigenvalue weighted by Crippen LogP contribution is -2.13. The van der Waals surface area contributed by atoms with Crippen molar-refractivity contribution in [3.05, 3.63) is 11.4 Å². The summed E-state index contributed by atoms with van der Waals surface area (Å²) < 4.78 is 1.97. The molecule has 1 aromatic heterocycles.